The van der Waals surface area contributed by atoms with Crippen LogP contribution < -0.4 is 5.32 Å². The lowest BCUT2D eigenvalue weighted by atomic mass is 9.95. The van der Waals surface area contributed by atoms with Gasteiger partial charge in [-0.2, -0.15) is 0 Å². The lowest BCUT2D eigenvalue weighted by Gasteiger charge is -2.31. The van der Waals surface area contributed by atoms with Crippen LogP contribution in [0.4, 0.5) is 0 Å². The van der Waals surface area contributed by atoms with Gasteiger partial charge in [0.25, 0.3) is 0 Å². The van der Waals surface area contributed by atoms with Gasteiger partial charge in [-0.3, -0.25) is 4.79 Å². The highest BCUT2D eigenvalue weighted by atomic mass is 16.2. The quantitative estimate of drug-likeness (QED) is 0.900. The molecule has 21 heavy (non-hydrogen) atoms. The molecule has 1 heterocycles. The van der Waals surface area contributed by atoms with Crippen molar-refractivity contribution >= 4 is 5.91 Å². The minimum atomic E-state index is -0.0163. The van der Waals surface area contributed by atoms with E-state index in [2.05, 4.69) is 34.5 Å². The van der Waals surface area contributed by atoms with Crippen LogP contribution in [-0.4, -0.2) is 29.9 Å². The summed E-state index contributed by atoms with van der Waals surface area (Å²) >= 11 is 0. The van der Waals surface area contributed by atoms with Crippen LogP contribution in [0.15, 0.2) is 24.3 Å². The Balaban J connectivity index is 1.44. The Morgan fingerprint density at radius 2 is 1.67 bits per heavy atom. The molecule has 3 aliphatic rings. The lowest BCUT2D eigenvalue weighted by molar-refractivity contribution is -0.134. The third kappa shape index (κ3) is 3.13. The highest BCUT2D eigenvalue weighted by molar-refractivity contribution is 5.82. The van der Waals surface area contributed by atoms with Crippen molar-refractivity contribution in [1.82, 2.24) is 10.2 Å². The number of nitrogens with zero attached hydrogens (tertiary/aromatic N) is 1. The molecular weight excluding hydrogens is 260 g/mol. The number of nitrogens with one attached hydrogen (secondary N) is 1. The molecule has 0 saturated heterocycles. The van der Waals surface area contributed by atoms with Crippen LogP contribution in [0.3, 0.4) is 0 Å². The third-order valence-electron chi connectivity index (χ3n) is 5.04. The minimum Gasteiger partial charge on any atom is -0.341 e. The van der Waals surface area contributed by atoms with Gasteiger partial charge >= 0.3 is 0 Å². The molecule has 3 nitrogen and oxygen atoms in total. The van der Waals surface area contributed by atoms with E-state index < -0.39 is 0 Å². The molecule has 1 aromatic carbocycles. The smallest absolute Gasteiger partial charge is 0.240 e. The summed E-state index contributed by atoms with van der Waals surface area (Å²) in [6, 6.07) is 8.47. The number of rotatable bonds is 5. The van der Waals surface area contributed by atoms with E-state index in [1.807, 2.05) is 0 Å². The van der Waals surface area contributed by atoms with Gasteiger partial charge in [-0.05, 0) is 55.1 Å². The Morgan fingerprint density at radius 1 is 1.05 bits per heavy atom. The Labute approximate surface area is 126 Å². The molecule has 0 radical (unpaired) electrons. The predicted molar refractivity (Wildman–Crippen MR) is 82.8 cm³/mol. The molecule has 1 amide bonds. The van der Waals surface area contributed by atoms with Crippen LogP contribution in [0.25, 0.3) is 0 Å². The van der Waals surface area contributed by atoms with Gasteiger partial charge in [0.1, 0.15) is 0 Å². The van der Waals surface area contributed by atoms with Crippen molar-refractivity contribution in [2.45, 2.75) is 44.7 Å². The number of hydrogen-bond donors (Lipinski definition) is 1. The molecule has 3 heteroatoms. The highest BCUT2D eigenvalue weighted by Crippen LogP contribution is 2.34. The van der Waals surface area contributed by atoms with E-state index in [1.54, 1.807) is 0 Å². The standard InChI is InChI=1S/C18H24N2O/c21-18(20(11-13-5-6-13)12-14-7-8-14)17-9-15-3-1-2-4-16(15)10-19-17/h1-4,13-14,17,19H,5-12H2. The van der Waals surface area contributed by atoms with Crippen molar-refractivity contribution in [3.63, 3.8) is 0 Å². The van der Waals surface area contributed by atoms with Crippen molar-refractivity contribution < 1.29 is 4.79 Å². The van der Waals surface area contributed by atoms with Gasteiger partial charge in [0.2, 0.25) is 5.91 Å². The van der Waals surface area contributed by atoms with E-state index in [0.717, 1.165) is 37.9 Å². The largest absolute Gasteiger partial charge is 0.341 e. The van der Waals surface area contributed by atoms with Crippen LogP contribution in [0.2, 0.25) is 0 Å². The van der Waals surface area contributed by atoms with Crippen molar-refractivity contribution in [2.75, 3.05) is 13.1 Å². The molecular formula is C18H24N2O. The van der Waals surface area contributed by atoms with Gasteiger partial charge in [-0.15, -0.1) is 0 Å². The summed E-state index contributed by atoms with van der Waals surface area (Å²) in [4.78, 5) is 15.1. The SMILES string of the molecule is O=C(C1Cc2ccccc2CN1)N(CC1CC1)CC1CC1. The van der Waals surface area contributed by atoms with E-state index >= 15 is 0 Å². The van der Waals surface area contributed by atoms with Gasteiger partial charge in [0, 0.05) is 19.6 Å². The van der Waals surface area contributed by atoms with E-state index in [4.69, 9.17) is 0 Å². The molecule has 1 aromatic rings. The molecule has 0 spiro atoms. The second kappa shape index (κ2) is 5.45. The van der Waals surface area contributed by atoms with E-state index in [1.165, 1.54) is 36.8 Å². The van der Waals surface area contributed by atoms with Crippen LogP contribution >= 0.6 is 0 Å². The zero-order valence-corrected chi connectivity index (χ0v) is 12.6. The summed E-state index contributed by atoms with van der Waals surface area (Å²) in [5.74, 6) is 1.90. The molecule has 112 valence electrons. The fourth-order valence-corrected chi connectivity index (χ4v) is 3.33. The van der Waals surface area contributed by atoms with Crippen LogP contribution in [0.1, 0.15) is 36.8 Å². The molecule has 1 atom stereocenters. The number of hydrogen-bond acceptors (Lipinski definition) is 2. The second-order valence-corrected chi connectivity index (χ2v) is 7.04. The first kappa shape index (κ1) is 13.3. The molecule has 2 saturated carbocycles. The summed E-state index contributed by atoms with van der Waals surface area (Å²) in [5, 5.41) is 3.45. The second-order valence-electron chi connectivity index (χ2n) is 7.04. The summed E-state index contributed by atoms with van der Waals surface area (Å²) in [5.41, 5.74) is 2.69. The summed E-state index contributed by atoms with van der Waals surface area (Å²) in [7, 11) is 0. The van der Waals surface area contributed by atoms with Crippen molar-refractivity contribution in [3.8, 4) is 0 Å². The molecule has 1 unspecified atom stereocenters. The molecule has 4 rings (SSSR count). The Morgan fingerprint density at radius 3 is 2.29 bits per heavy atom. The molecule has 2 aliphatic carbocycles. The summed E-state index contributed by atoms with van der Waals surface area (Å²) in [6.45, 7) is 2.82. The van der Waals surface area contributed by atoms with Gasteiger partial charge < -0.3 is 10.2 Å². The van der Waals surface area contributed by atoms with Crippen molar-refractivity contribution in [3.05, 3.63) is 35.4 Å². The molecule has 0 aromatic heterocycles. The van der Waals surface area contributed by atoms with Crippen molar-refractivity contribution in [2.24, 2.45) is 11.8 Å². The molecule has 0 bridgehead atoms. The maximum atomic E-state index is 12.9. The van der Waals surface area contributed by atoms with Gasteiger partial charge in [-0.1, -0.05) is 24.3 Å². The van der Waals surface area contributed by atoms with Gasteiger partial charge in [0.05, 0.1) is 6.04 Å². The van der Waals surface area contributed by atoms with Crippen LogP contribution in [0, 0.1) is 11.8 Å². The number of benzene rings is 1. The average Bonchev–Trinajstić information content (AvgIpc) is 3.41. The van der Waals surface area contributed by atoms with E-state index in [0.29, 0.717) is 5.91 Å². The zero-order valence-electron chi connectivity index (χ0n) is 12.6. The van der Waals surface area contributed by atoms with Gasteiger partial charge in [-0.25, -0.2) is 0 Å². The van der Waals surface area contributed by atoms with Crippen molar-refractivity contribution in [1.29, 1.82) is 0 Å². The first-order valence-corrected chi connectivity index (χ1v) is 8.38. The Kier molecular flexibility index (Phi) is 3.46. The summed E-state index contributed by atoms with van der Waals surface area (Å²) in [6.07, 6.45) is 6.11. The third-order valence-corrected chi connectivity index (χ3v) is 5.04. The monoisotopic (exact) mass is 284 g/mol. The number of carbonyl (C=O) groups is 1. The zero-order chi connectivity index (χ0) is 14.2. The number of fused-ring (bicyclic) bond motifs is 1. The highest BCUT2D eigenvalue weighted by Gasteiger charge is 2.35. The van der Waals surface area contributed by atoms with E-state index in [-0.39, 0.29) is 6.04 Å². The topological polar surface area (TPSA) is 32.3 Å². The van der Waals surface area contributed by atoms with Gasteiger partial charge in [0.15, 0.2) is 0 Å². The summed E-state index contributed by atoms with van der Waals surface area (Å²) < 4.78 is 0. The number of carbonyl (C=O) groups excluding carboxylic acids is 1. The number of amides is 1. The van der Waals surface area contributed by atoms with Crippen LogP contribution in [-0.2, 0) is 17.8 Å². The average molecular weight is 284 g/mol. The first-order chi connectivity index (χ1) is 10.3. The fourth-order valence-electron chi connectivity index (χ4n) is 3.33. The molecule has 2 fully saturated rings. The molecule has 1 N–H and O–H groups in total. The Hall–Kier alpha value is -1.35. The minimum absolute atomic E-state index is 0.0163. The first-order valence-electron chi connectivity index (χ1n) is 8.38. The Bertz CT molecular complexity index is 520. The van der Waals surface area contributed by atoms with Crippen LogP contribution in [0.5, 0.6) is 0 Å². The molecule has 1 aliphatic heterocycles. The normalized spacial score (nSPS) is 24.5. The maximum Gasteiger partial charge on any atom is 0.240 e. The van der Waals surface area contributed by atoms with E-state index in [9.17, 15) is 4.79 Å². The lowest BCUT2D eigenvalue weighted by Crippen LogP contribution is -2.50. The predicted octanol–water partition coefficient (Wildman–Crippen LogP) is 2.35. The maximum absolute atomic E-state index is 12.9. The fraction of sp³-hybridized carbons (Fsp3) is 0.611.